The smallest absolute Gasteiger partial charge is 0.399 e. The van der Waals surface area contributed by atoms with E-state index < -0.39 is 28.7 Å². The molecule has 0 unspecified atom stereocenters. The van der Waals surface area contributed by atoms with E-state index in [1.54, 1.807) is 24.3 Å². The van der Waals surface area contributed by atoms with Crippen LogP contribution >= 0.6 is 0 Å². The number of anilines is 1. The van der Waals surface area contributed by atoms with Crippen LogP contribution in [0.25, 0.3) is 0 Å². The third-order valence-corrected chi connectivity index (χ3v) is 7.84. The Balaban J connectivity index is 0.000000175. The van der Waals surface area contributed by atoms with Gasteiger partial charge in [0.2, 0.25) is 0 Å². The SMILES string of the molecule is Nc1ccc(Cn2nc(C(F)(F)F)c3c2CCCC3)cc1.O=[N+]([O-])c1ccc(Cn2nc(C(F)(F)F)c3c2CCCC3)cc1. The van der Waals surface area contributed by atoms with Crippen LogP contribution < -0.4 is 5.73 Å². The van der Waals surface area contributed by atoms with Crippen molar-refractivity contribution in [2.75, 3.05) is 5.73 Å². The Morgan fingerprint density at radius 3 is 1.45 bits per heavy atom. The van der Waals surface area contributed by atoms with Crippen molar-refractivity contribution in [3.8, 4) is 0 Å². The van der Waals surface area contributed by atoms with Crippen molar-refractivity contribution >= 4 is 11.4 Å². The lowest BCUT2D eigenvalue weighted by Gasteiger charge is -2.14. The zero-order valence-electron chi connectivity index (χ0n) is 23.6. The van der Waals surface area contributed by atoms with Gasteiger partial charge in [0.05, 0.1) is 18.0 Å². The lowest BCUT2D eigenvalue weighted by atomic mass is 9.95. The lowest BCUT2D eigenvalue weighted by molar-refractivity contribution is -0.384. The summed E-state index contributed by atoms with van der Waals surface area (Å²) in [5.41, 5.74) is 8.30. The monoisotopic (exact) mass is 620 g/mol. The number of alkyl halides is 6. The molecule has 0 radical (unpaired) electrons. The topological polar surface area (TPSA) is 105 Å². The first-order valence-electron chi connectivity index (χ1n) is 14.2. The van der Waals surface area contributed by atoms with Crippen LogP contribution in [-0.2, 0) is 51.1 Å². The number of nitrogens with two attached hydrogens (primary N) is 1. The third-order valence-electron chi connectivity index (χ3n) is 7.84. The zero-order valence-corrected chi connectivity index (χ0v) is 23.6. The molecule has 2 aliphatic rings. The Morgan fingerprint density at radius 1 is 0.682 bits per heavy atom. The van der Waals surface area contributed by atoms with E-state index in [9.17, 15) is 36.5 Å². The fraction of sp³-hybridized carbons (Fsp3) is 0.400. The van der Waals surface area contributed by atoms with Gasteiger partial charge in [-0.3, -0.25) is 19.5 Å². The van der Waals surface area contributed by atoms with E-state index in [0.29, 0.717) is 60.3 Å². The van der Waals surface area contributed by atoms with Gasteiger partial charge in [0, 0.05) is 40.3 Å². The Bertz CT molecular complexity index is 1620. The lowest BCUT2D eigenvalue weighted by Crippen LogP contribution is -2.11. The van der Waals surface area contributed by atoms with E-state index in [1.165, 1.54) is 21.5 Å². The molecule has 0 saturated carbocycles. The largest absolute Gasteiger partial charge is 0.435 e. The summed E-state index contributed by atoms with van der Waals surface area (Å²) < 4.78 is 81.5. The number of rotatable bonds is 5. The molecule has 2 aromatic carbocycles. The summed E-state index contributed by atoms with van der Waals surface area (Å²) in [4.78, 5) is 10.1. The number of nitro benzene ring substituents is 1. The molecule has 8 nitrogen and oxygen atoms in total. The Kier molecular flexibility index (Phi) is 8.71. The van der Waals surface area contributed by atoms with Gasteiger partial charge >= 0.3 is 12.4 Å². The van der Waals surface area contributed by atoms with Crippen molar-refractivity contribution in [3.63, 3.8) is 0 Å². The summed E-state index contributed by atoms with van der Waals surface area (Å²) in [6.45, 7) is 0.523. The number of hydrogen-bond donors (Lipinski definition) is 1. The first kappa shape index (κ1) is 31.1. The second-order valence-corrected chi connectivity index (χ2v) is 10.9. The molecule has 2 aliphatic carbocycles. The van der Waals surface area contributed by atoms with Crippen LogP contribution in [0.15, 0.2) is 48.5 Å². The molecule has 0 saturated heterocycles. The maximum Gasteiger partial charge on any atom is 0.435 e. The van der Waals surface area contributed by atoms with Crippen molar-refractivity contribution in [1.29, 1.82) is 0 Å². The average Bonchev–Trinajstić information content (AvgIpc) is 3.54. The molecule has 44 heavy (non-hydrogen) atoms. The third kappa shape index (κ3) is 6.89. The summed E-state index contributed by atoms with van der Waals surface area (Å²) in [6, 6.07) is 12.9. The quantitative estimate of drug-likeness (QED) is 0.110. The molecule has 14 heteroatoms. The number of halogens is 6. The fourth-order valence-electron chi connectivity index (χ4n) is 5.75. The summed E-state index contributed by atoms with van der Waals surface area (Å²) in [7, 11) is 0. The van der Waals surface area contributed by atoms with Gasteiger partial charge in [0.1, 0.15) is 0 Å². The van der Waals surface area contributed by atoms with E-state index in [2.05, 4.69) is 10.2 Å². The molecule has 0 bridgehead atoms. The average molecular weight is 621 g/mol. The highest BCUT2D eigenvalue weighted by molar-refractivity contribution is 5.40. The number of fused-ring (bicyclic) bond motifs is 2. The minimum atomic E-state index is -4.46. The normalized spacial score (nSPS) is 14.8. The highest BCUT2D eigenvalue weighted by Gasteiger charge is 2.40. The predicted octanol–water partition coefficient (Wildman–Crippen LogP) is 7.15. The molecule has 0 atom stereocenters. The molecule has 0 spiro atoms. The van der Waals surface area contributed by atoms with Crippen LogP contribution in [0.4, 0.5) is 37.7 Å². The van der Waals surface area contributed by atoms with Crippen LogP contribution in [-0.4, -0.2) is 24.5 Å². The Hall–Kier alpha value is -4.36. The number of nitrogen functional groups attached to an aromatic ring is 1. The summed E-state index contributed by atoms with van der Waals surface area (Å²) in [5.74, 6) is 0. The van der Waals surface area contributed by atoms with Gasteiger partial charge < -0.3 is 5.73 Å². The molecular weight excluding hydrogens is 590 g/mol. The highest BCUT2D eigenvalue weighted by atomic mass is 19.4. The van der Waals surface area contributed by atoms with Gasteiger partial charge in [0.25, 0.3) is 5.69 Å². The van der Waals surface area contributed by atoms with Gasteiger partial charge in [-0.05, 0) is 74.6 Å². The summed E-state index contributed by atoms with van der Waals surface area (Å²) in [5, 5.41) is 18.3. The highest BCUT2D eigenvalue weighted by Crippen LogP contribution is 2.37. The van der Waals surface area contributed by atoms with Crippen LogP contribution in [0.5, 0.6) is 0 Å². The van der Waals surface area contributed by atoms with Gasteiger partial charge in [-0.2, -0.15) is 36.5 Å². The Labute approximate surface area is 248 Å². The predicted molar refractivity (Wildman–Crippen MR) is 150 cm³/mol. The van der Waals surface area contributed by atoms with Crippen molar-refractivity contribution < 1.29 is 31.3 Å². The molecular formula is C30H30F6N6O2. The minimum Gasteiger partial charge on any atom is -0.399 e. The number of nitrogens with zero attached hydrogens (tertiary/aromatic N) is 5. The molecule has 4 aromatic rings. The van der Waals surface area contributed by atoms with E-state index in [-0.39, 0.29) is 12.2 Å². The standard InChI is InChI=1S/C15H14F3N3O2.C15H16F3N3/c16-15(17,18)14-12-3-1-2-4-13(12)20(19-14)9-10-5-7-11(8-6-10)21(22)23;16-15(17,18)14-12-3-1-2-4-13(12)21(20-14)9-10-5-7-11(19)8-6-10/h5-8H,1-4,9H2;5-8H,1-4,9,19H2. The van der Waals surface area contributed by atoms with Crippen LogP contribution in [0.3, 0.4) is 0 Å². The minimum absolute atomic E-state index is 0.0489. The second kappa shape index (κ2) is 12.3. The maximum absolute atomic E-state index is 13.1. The molecule has 2 heterocycles. The van der Waals surface area contributed by atoms with Crippen LogP contribution in [0.1, 0.15) is 70.7 Å². The fourth-order valence-corrected chi connectivity index (χ4v) is 5.75. The van der Waals surface area contributed by atoms with Gasteiger partial charge in [0.15, 0.2) is 11.4 Å². The number of non-ortho nitro benzene ring substituents is 1. The molecule has 2 aromatic heterocycles. The number of benzene rings is 2. The molecule has 0 aliphatic heterocycles. The maximum atomic E-state index is 13.1. The van der Waals surface area contributed by atoms with Crippen LogP contribution in [0.2, 0.25) is 0 Å². The van der Waals surface area contributed by atoms with Crippen molar-refractivity contribution in [2.45, 2.75) is 76.8 Å². The van der Waals surface area contributed by atoms with Gasteiger partial charge in [-0.1, -0.05) is 24.3 Å². The molecule has 0 amide bonds. The van der Waals surface area contributed by atoms with Crippen molar-refractivity contribution in [3.05, 3.63) is 104 Å². The van der Waals surface area contributed by atoms with E-state index >= 15 is 0 Å². The number of nitro groups is 1. The van der Waals surface area contributed by atoms with Gasteiger partial charge in [-0.15, -0.1) is 0 Å². The molecule has 6 rings (SSSR count). The number of hydrogen-bond acceptors (Lipinski definition) is 5. The first-order valence-corrected chi connectivity index (χ1v) is 14.2. The Morgan fingerprint density at radius 2 is 1.07 bits per heavy atom. The molecule has 0 fully saturated rings. The second-order valence-electron chi connectivity index (χ2n) is 10.9. The van der Waals surface area contributed by atoms with E-state index in [4.69, 9.17) is 5.73 Å². The van der Waals surface area contributed by atoms with E-state index in [0.717, 1.165) is 36.9 Å². The zero-order chi connectivity index (χ0) is 31.6. The van der Waals surface area contributed by atoms with E-state index in [1.807, 2.05) is 12.1 Å². The molecule has 2 N–H and O–H groups in total. The van der Waals surface area contributed by atoms with Crippen LogP contribution in [0, 0.1) is 10.1 Å². The van der Waals surface area contributed by atoms with Crippen molar-refractivity contribution in [1.82, 2.24) is 19.6 Å². The molecule has 234 valence electrons. The van der Waals surface area contributed by atoms with Gasteiger partial charge in [-0.25, -0.2) is 0 Å². The number of aromatic nitrogens is 4. The summed E-state index contributed by atoms with van der Waals surface area (Å²) in [6.07, 6.45) is -3.46. The van der Waals surface area contributed by atoms with Crippen molar-refractivity contribution in [2.24, 2.45) is 0 Å². The first-order chi connectivity index (χ1) is 20.8. The summed E-state index contributed by atoms with van der Waals surface area (Å²) >= 11 is 0.